The minimum atomic E-state index is -1.07. The molecule has 0 fully saturated rings. The molecule has 2 rings (SSSR count). The minimum absolute atomic E-state index is 0.0826. The van der Waals surface area contributed by atoms with Gasteiger partial charge in [-0.3, -0.25) is 4.90 Å². The Hall–Kier alpha value is -2.15. The summed E-state index contributed by atoms with van der Waals surface area (Å²) >= 11 is 6.02. The monoisotopic (exact) mass is 325 g/mol. The third-order valence-corrected chi connectivity index (χ3v) is 3.18. The highest BCUT2D eigenvalue weighted by Gasteiger charge is 2.29. The predicted octanol–water partition coefficient (Wildman–Crippen LogP) is 2.74. The molecule has 0 radical (unpaired) electrons. The van der Waals surface area contributed by atoms with Gasteiger partial charge in [0.2, 0.25) is 0 Å². The first-order valence-corrected chi connectivity index (χ1v) is 7.02. The van der Waals surface area contributed by atoms with Crippen LogP contribution in [0.3, 0.4) is 0 Å². The van der Waals surface area contributed by atoms with E-state index in [0.29, 0.717) is 5.56 Å². The Morgan fingerprint density at radius 1 is 1.36 bits per heavy atom. The van der Waals surface area contributed by atoms with Gasteiger partial charge in [0.05, 0.1) is 5.56 Å². The van der Waals surface area contributed by atoms with Crippen LogP contribution in [0.5, 0.6) is 0 Å². The van der Waals surface area contributed by atoms with Gasteiger partial charge in [-0.25, -0.2) is 19.6 Å². The molecule has 1 aromatic rings. The van der Waals surface area contributed by atoms with Crippen molar-refractivity contribution < 1.29 is 19.4 Å². The number of aliphatic carboxylic acids is 1. The first-order chi connectivity index (χ1) is 10.2. The van der Waals surface area contributed by atoms with Gasteiger partial charge in [-0.1, -0.05) is 11.6 Å². The van der Waals surface area contributed by atoms with Gasteiger partial charge in [-0.05, 0) is 33.3 Å². The highest BCUT2D eigenvalue weighted by atomic mass is 35.5. The van der Waals surface area contributed by atoms with Crippen molar-refractivity contribution in [2.45, 2.75) is 32.8 Å². The largest absolute Gasteiger partial charge is 0.478 e. The van der Waals surface area contributed by atoms with Crippen LogP contribution in [0.2, 0.25) is 5.15 Å². The van der Waals surface area contributed by atoms with Gasteiger partial charge >= 0.3 is 12.1 Å². The summed E-state index contributed by atoms with van der Waals surface area (Å²) in [6, 6.07) is 0. The predicted molar refractivity (Wildman–Crippen MR) is 80.9 cm³/mol. The number of rotatable bonds is 1. The van der Waals surface area contributed by atoms with E-state index in [4.69, 9.17) is 16.3 Å². The quantitative estimate of drug-likeness (QED) is 0.798. The van der Waals surface area contributed by atoms with Crippen LogP contribution in [-0.4, -0.2) is 39.3 Å². The molecule has 0 atom stereocenters. The Bertz CT molecular complexity index is 652. The van der Waals surface area contributed by atoms with Crippen molar-refractivity contribution in [3.05, 3.63) is 22.6 Å². The van der Waals surface area contributed by atoms with Crippen LogP contribution >= 0.6 is 11.6 Å². The maximum Gasteiger partial charge on any atom is 0.416 e. The number of halogens is 1. The second-order valence-corrected chi connectivity index (χ2v) is 6.12. The molecule has 7 nitrogen and oxygen atoms in total. The number of carboxylic acid groups (broad SMARTS) is 1. The van der Waals surface area contributed by atoms with E-state index in [-0.39, 0.29) is 29.5 Å². The summed E-state index contributed by atoms with van der Waals surface area (Å²) in [5.74, 6) is -0.831. The average Bonchev–Trinajstić information content (AvgIpc) is 2.57. The van der Waals surface area contributed by atoms with E-state index in [9.17, 15) is 14.7 Å². The maximum absolute atomic E-state index is 12.3. The van der Waals surface area contributed by atoms with Crippen molar-refractivity contribution in [1.82, 2.24) is 9.97 Å². The summed E-state index contributed by atoms with van der Waals surface area (Å²) in [4.78, 5) is 32.8. The third kappa shape index (κ3) is 3.54. The normalized spacial score (nSPS) is 14.7. The lowest BCUT2D eigenvalue weighted by Crippen LogP contribution is -2.38. The Labute approximate surface area is 132 Å². The topological polar surface area (TPSA) is 92.6 Å². The lowest BCUT2D eigenvalue weighted by molar-refractivity contribution is -0.132. The average molecular weight is 326 g/mol. The number of fused-ring (bicyclic) bond motifs is 1. The molecule has 0 unspecified atom stereocenters. The van der Waals surface area contributed by atoms with E-state index in [1.54, 1.807) is 20.8 Å². The molecular weight excluding hydrogens is 310 g/mol. The number of carbonyl (C=O) groups is 2. The summed E-state index contributed by atoms with van der Waals surface area (Å²) in [7, 11) is 0. The highest BCUT2D eigenvalue weighted by molar-refractivity contribution is 6.31. The zero-order chi connectivity index (χ0) is 16.5. The van der Waals surface area contributed by atoms with E-state index in [1.165, 1.54) is 17.3 Å². The summed E-state index contributed by atoms with van der Waals surface area (Å²) < 4.78 is 5.34. The van der Waals surface area contributed by atoms with Gasteiger partial charge in [-0.2, -0.15) is 0 Å². The van der Waals surface area contributed by atoms with E-state index in [0.717, 1.165) is 0 Å². The standard InChI is InChI=1S/C14H16ClN3O4/c1-14(2,3)22-13(21)18-5-4-8(12(19)20)6-9-10(15)16-7-17-11(9)18/h6-7H,4-5H2,1-3H3,(H,19,20). The van der Waals surface area contributed by atoms with Crippen molar-refractivity contribution in [3.8, 4) is 0 Å². The Kier molecular flexibility index (Phi) is 4.37. The van der Waals surface area contributed by atoms with Crippen LogP contribution in [0.25, 0.3) is 6.08 Å². The number of hydrogen-bond acceptors (Lipinski definition) is 5. The molecule has 1 aliphatic heterocycles. The molecule has 1 amide bonds. The lowest BCUT2D eigenvalue weighted by atomic mass is 10.1. The minimum Gasteiger partial charge on any atom is -0.478 e. The number of amides is 1. The molecule has 0 bridgehead atoms. The zero-order valence-corrected chi connectivity index (χ0v) is 13.2. The summed E-state index contributed by atoms with van der Waals surface area (Å²) in [5, 5.41) is 9.29. The van der Waals surface area contributed by atoms with E-state index >= 15 is 0 Å². The molecule has 0 spiro atoms. The smallest absolute Gasteiger partial charge is 0.416 e. The Morgan fingerprint density at radius 3 is 2.64 bits per heavy atom. The molecule has 1 N–H and O–H groups in total. The maximum atomic E-state index is 12.3. The van der Waals surface area contributed by atoms with Gasteiger partial charge in [-0.15, -0.1) is 0 Å². The zero-order valence-electron chi connectivity index (χ0n) is 12.5. The molecule has 0 aliphatic carbocycles. The van der Waals surface area contributed by atoms with Crippen LogP contribution in [-0.2, 0) is 9.53 Å². The highest BCUT2D eigenvalue weighted by Crippen LogP contribution is 2.31. The number of ether oxygens (including phenoxy) is 1. The van der Waals surface area contributed by atoms with Gasteiger partial charge in [0.15, 0.2) is 0 Å². The van der Waals surface area contributed by atoms with Gasteiger partial charge in [0.25, 0.3) is 0 Å². The number of carbonyl (C=O) groups excluding carboxylic acids is 1. The Morgan fingerprint density at radius 2 is 2.05 bits per heavy atom. The van der Waals surface area contributed by atoms with Crippen LogP contribution in [0.1, 0.15) is 32.8 Å². The van der Waals surface area contributed by atoms with Crippen LogP contribution in [0.15, 0.2) is 11.9 Å². The van der Waals surface area contributed by atoms with Gasteiger partial charge < -0.3 is 9.84 Å². The fourth-order valence-electron chi connectivity index (χ4n) is 1.95. The van der Waals surface area contributed by atoms with Crippen molar-refractivity contribution in [2.75, 3.05) is 11.4 Å². The first-order valence-electron chi connectivity index (χ1n) is 6.64. The number of nitrogens with zero attached hydrogens (tertiary/aromatic N) is 3. The molecule has 1 aromatic heterocycles. The summed E-state index contributed by atoms with van der Waals surface area (Å²) in [6.45, 7) is 5.37. The first kappa shape index (κ1) is 16.2. The SMILES string of the molecule is CC(C)(C)OC(=O)N1CCC(C(=O)O)=Cc2c(Cl)ncnc21. The van der Waals surface area contributed by atoms with Crippen LogP contribution in [0.4, 0.5) is 10.6 Å². The lowest BCUT2D eigenvalue weighted by Gasteiger charge is -2.26. The van der Waals surface area contributed by atoms with Crippen LogP contribution in [0, 0.1) is 0 Å². The van der Waals surface area contributed by atoms with Gasteiger partial charge in [0.1, 0.15) is 22.9 Å². The second-order valence-electron chi connectivity index (χ2n) is 5.76. The molecule has 0 saturated heterocycles. The Balaban J connectivity index is 2.45. The van der Waals surface area contributed by atoms with E-state index in [1.807, 2.05) is 0 Å². The fraction of sp³-hybridized carbons (Fsp3) is 0.429. The number of carboxylic acids is 1. The van der Waals surface area contributed by atoms with Crippen LogP contribution < -0.4 is 4.90 Å². The summed E-state index contributed by atoms with van der Waals surface area (Å²) in [6.07, 6.45) is 2.16. The third-order valence-electron chi connectivity index (χ3n) is 2.88. The fourth-order valence-corrected chi connectivity index (χ4v) is 2.14. The molecule has 0 aromatic carbocycles. The van der Waals surface area contributed by atoms with Crippen molar-refractivity contribution >= 4 is 35.6 Å². The number of anilines is 1. The molecule has 2 heterocycles. The molecule has 22 heavy (non-hydrogen) atoms. The van der Waals surface area contributed by atoms with Crippen molar-refractivity contribution in [3.63, 3.8) is 0 Å². The van der Waals surface area contributed by atoms with Gasteiger partial charge in [0, 0.05) is 12.1 Å². The summed E-state index contributed by atoms with van der Waals surface area (Å²) in [5.41, 5.74) is -0.252. The molecular formula is C14H16ClN3O4. The second kappa shape index (κ2) is 5.92. The van der Waals surface area contributed by atoms with E-state index in [2.05, 4.69) is 9.97 Å². The number of aromatic nitrogens is 2. The number of hydrogen-bond donors (Lipinski definition) is 1. The molecule has 0 saturated carbocycles. The van der Waals surface area contributed by atoms with Crippen molar-refractivity contribution in [2.24, 2.45) is 0 Å². The molecule has 118 valence electrons. The van der Waals surface area contributed by atoms with E-state index < -0.39 is 17.7 Å². The molecule has 8 heteroatoms. The van der Waals surface area contributed by atoms with Crippen molar-refractivity contribution in [1.29, 1.82) is 0 Å². The molecule has 1 aliphatic rings.